The summed E-state index contributed by atoms with van der Waals surface area (Å²) in [6.45, 7) is 2.23. The van der Waals surface area contributed by atoms with E-state index >= 15 is 0 Å². The van der Waals surface area contributed by atoms with Crippen molar-refractivity contribution in [2.24, 2.45) is 11.7 Å². The molecule has 2 atom stereocenters. The Kier molecular flexibility index (Phi) is 5.09. The Labute approximate surface area is 131 Å². The summed E-state index contributed by atoms with van der Waals surface area (Å²) in [5.41, 5.74) is 5.21. The Balaban J connectivity index is 2.32. The Morgan fingerprint density at radius 1 is 1.45 bits per heavy atom. The molecule has 2 unspecified atom stereocenters. The van der Waals surface area contributed by atoms with Crippen LogP contribution >= 0.6 is 0 Å². The average molecular weight is 330 g/mol. The number of hydrogen-bond donors (Lipinski definition) is 2. The number of rotatable bonds is 5. The van der Waals surface area contributed by atoms with Gasteiger partial charge < -0.3 is 10.5 Å². The third-order valence-corrected chi connectivity index (χ3v) is 6.14. The van der Waals surface area contributed by atoms with Gasteiger partial charge in [0.2, 0.25) is 10.0 Å². The van der Waals surface area contributed by atoms with Crippen LogP contribution in [0.5, 0.6) is 5.75 Å². The minimum absolute atomic E-state index is 0.0125. The summed E-state index contributed by atoms with van der Waals surface area (Å²) < 4.78 is 46.5. The SMILES string of the molecule is COc1ccc(S(=O)(=O)NC2(CN)CCCCC2C)cc1F. The molecule has 0 spiro atoms. The molecule has 1 saturated carbocycles. The predicted octanol–water partition coefficient (Wildman–Crippen LogP) is 2.02. The molecule has 1 fully saturated rings. The normalized spacial score (nSPS) is 25.9. The monoisotopic (exact) mass is 330 g/mol. The van der Waals surface area contributed by atoms with Crippen LogP contribution in [0.4, 0.5) is 4.39 Å². The topological polar surface area (TPSA) is 81.4 Å². The lowest BCUT2D eigenvalue weighted by Crippen LogP contribution is -2.58. The molecule has 0 amide bonds. The fourth-order valence-corrected chi connectivity index (χ4v) is 4.60. The second-order valence-corrected chi connectivity index (χ2v) is 7.59. The van der Waals surface area contributed by atoms with Crippen molar-refractivity contribution in [3.63, 3.8) is 0 Å². The van der Waals surface area contributed by atoms with Crippen molar-refractivity contribution in [3.05, 3.63) is 24.0 Å². The summed E-state index contributed by atoms with van der Waals surface area (Å²) >= 11 is 0. The van der Waals surface area contributed by atoms with Crippen LogP contribution in [0, 0.1) is 11.7 Å². The fourth-order valence-electron chi connectivity index (χ4n) is 3.05. The van der Waals surface area contributed by atoms with Gasteiger partial charge in [-0.05, 0) is 37.0 Å². The molecule has 0 saturated heterocycles. The predicted molar refractivity (Wildman–Crippen MR) is 82.7 cm³/mol. The van der Waals surface area contributed by atoms with Crippen LogP contribution < -0.4 is 15.2 Å². The van der Waals surface area contributed by atoms with Gasteiger partial charge in [0, 0.05) is 12.1 Å². The molecule has 0 bridgehead atoms. The first-order valence-electron chi connectivity index (χ1n) is 7.42. The highest BCUT2D eigenvalue weighted by Gasteiger charge is 2.40. The number of ether oxygens (including phenoxy) is 1. The molecule has 0 heterocycles. The lowest BCUT2D eigenvalue weighted by atomic mass is 9.74. The smallest absolute Gasteiger partial charge is 0.241 e. The van der Waals surface area contributed by atoms with Gasteiger partial charge in [0.1, 0.15) is 0 Å². The molecule has 1 aliphatic carbocycles. The van der Waals surface area contributed by atoms with E-state index in [-0.39, 0.29) is 23.1 Å². The molecule has 5 nitrogen and oxygen atoms in total. The first-order chi connectivity index (χ1) is 10.3. The van der Waals surface area contributed by atoms with E-state index in [2.05, 4.69) is 4.72 Å². The molecular formula is C15H23FN2O3S. The summed E-state index contributed by atoms with van der Waals surface area (Å²) in [4.78, 5) is -0.114. The van der Waals surface area contributed by atoms with Gasteiger partial charge >= 0.3 is 0 Å². The van der Waals surface area contributed by atoms with E-state index in [1.54, 1.807) is 0 Å². The fraction of sp³-hybridized carbons (Fsp3) is 0.600. The van der Waals surface area contributed by atoms with E-state index in [0.29, 0.717) is 6.42 Å². The van der Waals surface area contributed by atoms with Crippen molar-refractivity contribution < 1.29 is 17.5 Å². The van der Waals surface area contributed by atoms with Crippen LogP contribution in [-0.4, -0.2) is 27.6 Å². The minimum atomic E-state index is -3.84. The maximum atomic E-state index is 13.8. The Bertz CT molecular complexity index is 636. The van der Waals surface area contributed by atoms with Gasteiger partial charge in [-0.15, -0.1) is 0 Å². The van der Waals surface area contributed by atoms with Crippen molar-refractivity contribution in [1.82, 2.24) is 4.72 Å². The number of hydrogen-bond acceptors (Lipinski definition) is 4. The summed E-state index contributed by atoms with van der Waals surface area (Å²) in [5.74, 6) is -0.550. The molecule has 1 aliphatic rings. The highest BCUT2D eigenvalue weighted by atomic mass is 32.2. The second kappa shape index (κ2) is 6.52. The molecule has 7 heteroatoms. The van der Waals surface area contributed by atoms with Crippen LogP contribution in [0.3, 0.4) is 0 Å². The molecule has 0 aromatic heterocycles. The Hall–Kier alpha value is -1.18. The maximum Gasteiger partial charge on any atom is 0.241 e. The Morgan fingerprint density at radius 3 is 2.73 bits per heavy atom. The summed E-state index contributed by atoms with van der Waals surface area (Å²) in [6.07, 6.45) is 3.63. The lowest BCUT2D eigenvalue weighted by Gasteiger charge is -2.42. The van der Waals surface area contributed by atoms with Crippen molar-refractivity contribution in [2.75, 3.05) is 13.7 Å². The molecule has 3 N–H and O–H groups in total. The quantitative estimate of drug-likeness (QED) is 0.865. The zero-order chi connectivity index (χ0) is 16.4. The number of halogens is 1. The molecule has 0 aliphatic heterocycles. The number of methoxy groups -OCH3 is 1. The molecule has 0 radical (unpaired) electrons. The van der Waals surface area contributed by atoms with E-state index in [1.165, 1.54) is 19.2 Å². The van der Waals surface area contributed by atoms with Crippen molar-refractivity contribution in [3.8, 4) is 5.75 Å². The molecule has 1 aromatic rings. The van der Waals surface area contributed by atoms with E-state index in [9.17, 15) is 12.8 Å². The van der Waals surface area contributed by atoms with Gasteiger partial charge in [-0.25, -0.2) is 17.5 Å². The maximum absolute atomic E-state index is 13.8. The summed E-state index contributed by atoms with van der Waals surface area (Å²) in [6, 6.07) is 3.62. The van der Waals surface area contributed by atoms with Crippen LogP contribution in [-0.2, 0) is 10.0 Å². The van der Waals surface area contributed by atoms with Crippen molar-refractivity contribution >= 4 is 10.0 Å². The van der Waals surface area contributed by atoms with Crippen LogP contribution in [0.15, 0.2) is 23.1 Å². The van der Waals surface area contributed by atoms with Gasteiger partial charge in [0.25, 0.3) is 0 Å². The molecule has 1 aromatic carbocycles. The number of nitrogens with two attached hydrogens (primary N) is 1. The summed E-state index contributed by atoms with van der Waals surface area (Å²) in [5, 5.41) is 0. The minimum Gasteiger partial charge on any atom is -0.494 e. The highest BCUT2D eigenvalue weighted by Crippen LogP contribution is 2.34. The van der Waals surface area contributed by atoms with Gasteiger partial charge in [-0.3, -0.25) is 0 Å². The first-order valence-corrected chi connectivity index (χ1v) is 8.90. The third-order valence-electron chi connectivity index (χ3n) is 4.59. The zero-order valence-electron chi connectivity index (χ0n) is 12.9. The number of nitrogens with one attached hydrogen (secondary N) is 1. The number of benzene rings is 1. The highest BCUT2D eigenvalue weighted by molar-refractivity contribution is 7.89. The van der Waals surface area contributed by atoms with E-state index < -0.39 is 21.4 Å². The van der Waals surface area contributed by atoms with Gasteiger partial charge in [-0.2, -0.15) is 0 Å². The van der Waals surface area contributed by atoms with Crippen LogP contribution in [0.25, 0.3) is 0 Å². The molecule has 22 heavy (non-hydrogen) atoms. The van der Waals surface area contributed by atoms with Crippen molar-refractivity contribution in [2.45, 2.75) is 43.0 Å². The Morgan fingerprint density at radius 2 is 2.18 bits per heavy atom. The van der Waals surface area contributed by atoms with Gasteiger partial charge in [0.05, 0.1) is 12.0 Å². The van der Waals surface area contributed by atoms with Crippen LogP contribution in [0.2, 0.25) is 0 Å². The van der Waals surface area contributed by atoms with E-state index in [0.717, 1.165) is 25.3 Å². The largest absolute Gasteiger partial charge is 0.494 e. The van der Waals surface area contributed by atoms with E-state index in [4.69, 9.17) is 10.5 Å². The van der Waals surface area contributed by atoms with E-state index in [1.807, 2.05) is 6.92 Å². The first kappa shape index (κ1) is 17.2. The van der Waals surface area contributed by atoms with Gasteiger partial charge in [0.15, 0.2) is 11.6 Å². The third kappa shape index (κ3) is 3.26. The molecule has 2 rings (SSSR count). The standard InChI is InChI=1S/C15H23FN2O3S/c1-11-5-3-4-8-15(11,10-17)18-22(19,20)12-6-7-14(21-2)13(16)9-12/h6-7,9,11,18H,3-5,8,10,17H2,1-2H3. The zero-order valence-corrected chi connectivity index (χ0v) is 13.7. The average Bonchev–Trinajstić information content (AvgIpc) is 2.49. The lowest BCUT2D eigenvalue weighted by molar-refractivity contribution is 0.191. The molecular weight excluding hydrogens is 307 g/mol. The molecule has 124 valence electrons. The summed E-state index contributed by atoms with van der Waals surface area (Å²) in [7, 11) is -2.51. The van der Waals surface area contributed by atoms with Crippen LogP contribution in [0.1, 0.15) is 32.6 Å². The number of sulfonamides is 1. The van der Waals surface area contributed by atoms with Crippen molar-refractivity contribution in [1.29, 1.82) is 0 Å². The second-order valence-electron chi connectivity index (χ2n) is 5.91. The van der Waals surface area contributed by atoms with Gasteiger partial charge in [-0.1, -0.05) is 19.8 Å².